The number of carbonyl (C=O) groups is 5. The van der Waals surface area contributed by atoms with Crippen molar-refractivity contribution >= 4 is 41.4 Å². The number of rotatable bonds is 14. The molecule has 1 aliphatic heterocycles. The molecule has 1 heterocycles. The third kappa shape index (κ3) is 9.57. The van der Waals surface area contributed by atoms with Gasteiger partial charge in [-0.15, -0.1) is 0 Å². The van der Waals surface area contributed by atoms with Gasteiger partial charge in [-0.25, -0.2) is 4.79 Å². The van der Waals surface area contributed by atoms with E-state index in [1.807, 2.05) is 6.26 Å². The summed E-state index contributed by atoms with van der Waals surface area (Å²) in [6, 6.07) is 4.69. The normalized spacial score (nSPS) is 17.6. The number of hydrogen-bond acceptors (Lipinski definition) is 7. The van der Waals surface area contributed by atoms with Gasteiger partial charge < -0.3 is 31.5 Å². The molecule has 0 bridgehead atoms. The maximum Gasteiger partial charge on any atom is 0.326 e. The molecule has 35 heavy (non-hydrogen) atoms. The maximum absolute atomic E-state index is 13.2. The standard InChI is InChI=1S/C23H32N4O7S/c1-35-11-9-16(25-20(30)15-8-5-10-24-15)21(31)26-17(12-14-6-3-2-4-7-14)22(32)27-18(23(33)34)13-19(28)29/h2-4,6-7,15-18,24H,5,8-13H2,1H3,(H,25,30)(H,26,31)(H,27,32)(H,28,29)(H,33,34). The fourth-order valence-corrected chi connectivity index (χ4v) is 4.13. The molecule has 11 nitrogen and oxygen atoms in total. The number of thioether (sulfide) groups is 1. The molecule has 0 radical (unpaired) electrons. The number of benzene rings is 1. The lowest BCUT2D eigenvalue weighted by molar-refractivity contribution is -0.147. The smallest absolute Gasteiger partial charge is 0.326 e. The monoisotopic (exact) mass is 508 g/mol. The van der Waals surface area contributed by atoms with Crippen molar-refractivity contribution in [2.75, 3.05) is 18.6 Å². The summed E-state index contributed by atoms with van der Waals surface area (Å²) in [5.41, 5.74) is 0.706. The molecule has 3 amide bonds. The molecule has 4 atom stereocenters. The van der Waals surface area contributed by atoms with Crippen LogP contribution in [0.25, 0.3) is 0 Å². The Kier molecular flexibility index (Phi) is 11.5. The number of carbonyl (C=O) groups excluding carboxylic acids is 3. The van der Waals surface area contributed by atoms with Gasteiger partial charge in [0.25, 0.3) is 0 Å². The van der Waals surface area contributed by atoms with E-state index in [1.54, 1.807) is 30.3 Å². The highest BCUT2D eigenvalue weighted by Gasteiger charge is 2.32. The van der Waals surface area contributed by atoms with Crippen LogP contribution in [0.2, 0.25) is 0 Å². The zero-order valence-electron chi connectivity index (χ0n) is 19.5. The zero-order chi connectivity index (χ0) is 25.8. The van der Waals surface area contributed by atoms with Gasteiger partial charge in [0.2, 0.25) is 17.7 Å². The van der Waals surface area contributed by atoms with Gasteiger partial charge in [0, 0.05) is 6.42 Å². The molecule has 1 saturated heterocycles. The van der Waals surface area contributed by atoms with E-state index in [-0.39, 0.29) is 18.4 Å². The summed E-state index contributed by atoms with van der Waals surface area (Å²) in [6.07, 6.45) is 2.97. The first-order valence-corrected chi connectivity index (χ1v) is 12.7. The largest absolute Gasteiger partial charge is 0.481 e. The van der Waals surface area contributed by atoms with Crippen LogP contribution in [0, 0.1) is 0 Å². The fraction of sp³-hybridized carbons (Fsp3) is 0.522. The van der Waals surface area contributed by atoms with Crippen molar-refractivity contribution in [2.24, 2.45) is 0 Å². The van der Waals surface area contributed by atoms with E-state index < -0.39 is 48.3 Å². The minimum Gasteiger partial charge on any atom is -0.481 e. The molecule has 1 aromatic rings. The topological polar surface area (TPSA) is 174 Å². The summed E-state index contributed by atoms with van der Waals surface area (Å²) in [5.74, 6) is -4.00. The van der Waals surface area contributed by atoms with Crippen LogP contribution in [-0.4, -0.2) is 82.6 Å². The minimum atomic E-state index is -1.66. The van der Waals surface area contributed by atoms with Crippen LogP contribution in [0.4, 0.5) is 0 Å². The number of carboxylic acid groups (broad SMARTS) is 2. The van der Waals surface area contributed by atoms with E-state index in [2.05, 4.69) is 21.3 Å². The summed E-state index contributed by atoms with van der Waals surface area (Å²) in [4.78, 5) is 61.1. The lowest BCUT2D eigenvalue weighted by atomic mass is 10.0. The number of nitrogens with one attached hydrogen (secondary N) is 4. The van der Waals surface area contributed by atoms with Gasteiger partial charge in [-0.05, 0) is 43.4 Å². The molecule has 1 fully saturated rings. The molecule has 0 saturated carbocycles. The van der Waals surface area contributed by atoms with Crippen LogP contribution < -0.4 is 21.3 Å². The summed E-state index contributed by atoms with van der Waals surface area (Å²) in [5, 5.41) is 28.9. The van der Waals surface area contributed by atoms with Crippen molar-refractivity contribution < 1.29 is 34.2 Å². The molecular weight excluding hydrogens is 476 g/mol. The SMILES string of the molecule is CSCCC(NC(=O)C1CCCN1)C(=O)NC(Cc1ccccc1)C(=O)NC(CC(=O)O)C(=O)O. The first kappa shape index (κ1) is 28.1. The van der Waals surface area contributed by atoms with Crippen molar-refractivity contribution in [2.45, 2.75) is 56.3 Å². The number of hydrogen-bond donors (Lipinski definition) is 6. The lowest BCUT2D eigenvalue weighted by Gasteiger charge is -2.25. The van der Waals surface area contributed by atoms with Gasteiger partial charge in [-0.1, -0.05) is 30.3 Å². The van der Waals surface area contributed by atoms with Crippen molar-refractivity contribution in [3.8, 4) is 0 Å². The van der Waals surface area contributed by atoms with Crippen molar-refractivity contribution in [3.63, 3.8) is 0 Å². The molecule has 6 N–H and O–H groups in total. The third-order valence-corrected chi connectivity index (χ3v) is 6.17. The Labute approximate surface area is 207 Å². The highest BCUT2D eigenvalue weighted by atomic mass is 32.2. The number of aliphatic carboxylic acids is 2. The molecule has 12 heteroatoms. The number of carboxylic acids is 2. The average Bonchev–Trinajstić information content (AvgIpc) is 3.36. The van der Waals surface area contributed by atoms with Gasteiger partial charge >= 0.3 is 11.9 Å². The molecule has 1 aliphatic rings. The second-order valence-electron chi connectivity index (χ2n) is 8.24. The Balaban J connectivity index is 2.18. The van der Waals surface area contributed by atoms with Gasteiger partial charge in [0.15, 0.2) is 0 Å². The van der Waals surface area contributed by atoms with Gasteiger partial charge in [-0.3, -0.25) is 19.2 Å². The molecule has 0 aliphatic carbocycles. The molecule has 0 spiro atoms. The Morgan fingerprint density at radius 3 is 2.23 bits per heavy atom. The molecule has 2 rings (SSSR count). The summed E-state index contributed by atoms with van der Waals surface area (Å²) in [7, 11) is 0. The summed E-state index contributed by atoms with van der Waals surface area (Å²) < 4.78 is 0. The van der Waals surface area contributed by atoms with E-state index in [0.29, 0.717) is 24.2 Å². The Hall–Kier alpha value is -3.12. The minimum absolute atomic E-state index is 0.0468. The third-order valence-electron chi connectivity index (χ3n) is 5.53. The highest BCUT2D eigenvalue weighted by Crippen LogP contribution is 2.09. The second kappa shape index (κ2) is 14.3. The molecule has 4 unspecified atom stereocenters. The van der Waals surface area contributed by atoms with Crippen LogP contribution in [0.3, 0.4) is 0 Å². The van der Waals surface area contributed by atoms with Crippen LogP contribution in [0.1, 0.15) is 31.2 Å². The van der Waals surface area contributed by atoms with E-state index in [0.717, 1.165) is 13.0 Å². The van der Waals surface area contributed by atoms with Crippen molar-refractivity contribution in [1.29, 1.82) is 0 Å². The van der Waals surface area contributed by atoms with E-state index >= 15 is 0 Å². The molecular formula is C23H32N4O7S. The van der Waals surface area contributed by atoms with E-state index in [4.69, 9.17) is 5.11 Å². The van der Waals surface area contributed by atoms with E-state index in [9.17, 15) is 29.1 Å². The summed E-state index contributed by atoms with van der Waals surface area (Å²) in [6.45, 7) is 0.722. The Morgan fingerprint density at radius 1 is 1.00 bits per heavy atom. The van der Waals surface area contributed by atoms with Crippen LogP contribution in [-0.2, 0) is 30.4 Å². The maximum atomic E-state index is 13.2. The van der Waals surface area contributed by atoms with Gasteiger partial charge in [0.1, 0.15) is 18.1 Å². The zero-order valence-corrected chi connectivity index (χ0v) is 20.3. The predicted octanol–water partition coefficient (Wildman–Crippen LogP) is -0.252. The highest BCUT2D eigenvalue weighted by molar-refractivity contribution is 7.98. The fourth-order valence-electron chi connectivity index (χ4n) is 3.66. The summed E-state index contributed by atoms with van der Waals surface area (Å²) >= 11 is 1.50. The Bertz CT molecular complexity index is 893. The average molecular weight is 509 g/mol. The van der Waals surface area contributed by atoms with E-state index in [1.165, 1.54) is 11.8 Å². The van der Waals surface area contributed by atoms with Crippen molar-refractivity contribution in [1.82, 2.24) is 21.3 Å². The quantitative estimate of drug-likeness (QED) is 0.198. The van der Waals surface area contributed by atoms with Gasteiger partial charge in [-0.2, -0.15) is 11.8 Å². The van der Waals surface area contributed by atoms with Crippen LogP contribution in [0.15, 0.2) is 30.3 Å². The van der Waals surface area contributed by atoms with Gasteiger partial charge in [0.05, 0.1) is 12.5 Å². The first-order valence-electron chi connectivity index (χ1n) is 11.3. The first-order chi connectivity index (χ1) is 16.7. The Morgan fingerprint density at radius 2 is 1.66 bits per heavy atom. The number of amides is 3. The second-order valence-corrected chi connectivity index (χ2v) is 9.23. The molecule has 0 aromatic heterocycles. The lowest BCUT2D eigenvalue weighted by Crippen LogP contribution is -2.57. The molecule has 1 aromatic carbocycles. The predicted molar refractivity (Wildman–Crippen MR) is 130 cm³/mol. The van der Waals surface area contributed by atoms with Crippen LogP contribution in [0.5, 0.6) is 0 Å². The van der Waals surface area contributed by atoms with Crippen molar-refractivity contribution in [3.05, 3.63) is 35.9 Å². The van der Waals surface area contributed by atoms with Crippen LogP contribution >= 0.6 is 11.8 Å². The molecule has 192 valence electrons.